The number of rotatable bonds is 4. The van der Waals surface area contributed by atoms with E-state index in [4.69, 9.17) is 16.6 Å². The van der Waals surface area contributed by atoms with Gasteiger partial charge >= 0.3 is 0 Å². The molecule has 3 aromatic rings. The predicted octanol–water partition coefficient (Wildman–Crippen LogP) is 6.81. The highest BCUT2D eigenvalue weighted by Crippen LogP contribution is 2.42. The van der Waals surface area contributed by atoms with Gasteiger partial charge in [-0.15, -0.1) is 0 Å². The smallest absolute Gasteiger partial charge is 0.138 e. The molecular formula is C29H33ClIN5. The van der Waals surface area contributed by atoms with Gasteiger partial charge in [0.1, 0.15) is 11.3 Å². The van der Waals surface area contributed by atoms with E-state index >= 15 is 0 Å². The Morgan fingerprint density at radius 2 is 1.92 bits per heavy atom. The maximum Gasteiger partial charge on any atom is 0.138 e. The molecule has 2 saturated heterocycles. The standard InChI is InChI=1S/C29H33ClIN5/c1-20-15-22(16-24-26(20)34-28(33-24)25-23(31)9-12-32-27(25)30)36-14-6-11-29(19-36)10-5-13-35(18-29)17-21-7-3-2-4-8-21/h2-4,7-9,12,15-16,25,27H,5-6,10-11,13-14,17-19H2,1H3,(H,33,34). The van der Waals surface area contributed by atoms with E-state index in [0.29, 0.717) is 5.41 Å². The highest BCUT2D eigenvalue weighted by atomic mass is 127. The van der Waals surface area contributed by atoms with Crippen molar-refractivity contribution in [1.29, 1.82) is 0 Å². The number of dihydropyridines is 1. The topological polar surface area (TPSA) is 47.5 Å². The third kappa shape index (κ3) is 4.84. The van der Waals surface area contributed by atoms with Crippen molar-refractivity contribution in [3.05, 3.63) is 69.1 Å². The summed E-state index contributed by atoms with van der Waals surface area (Å²) in [5.74, 6) is 0.880. The van der Waals surface area contributed by atoms with Gasteiger partial charge in [-0.1, -0.05) is 41.9 Å². The number of H-pyrrole nitrogens is 1. The quantitative estimate of drug-likeness (QED) is 0.200. The summed E-state index contributed by atoms with van der Waals surface area (Å²) in [5.41, 5.74) is 6.12. The van der Waals surface area contributed by atoms with E-state index in [0.717, 1.165) is 40.1 Å². The SMILES string of the molecule is Cc1cc(N2CCCC3(CCCN(Cc4ccccc4)C3)C2)cc2[nH]c(C3C(I)=CC=NC3Cl)nc12. The minimum atomic E-state index is -0.325. The average molecular weight is 614 g/mol. The number of hydrogen-bond acceptors (Lipinski definition) is 4. The molecule has 2 fully saturated rings. The van der Waals surface area contributed by atoms with Gasteiger partial charge in [0.2, 0.25) is 0 Å². The Morgan fingerprint density at radius 1 is 1.11 bits per heavy atom. The van der Waals surface area contributed by atoms with Crippen LogP contribution in [0, 0.1) is 12.3 Å². The molecule has 3 aliphatic heterocycles. The first-order chi connectivity index (χ1) is 17.5. The molecule has 3 aliphatic rings. The Hall–Kier alpha value is -1.90. The molecule has 3 unspecified atom stereocenters. The minimum absolute atomic E-state index is 0.0244. The van der Waals surface area contributed by atoms with Crippen LogP contribution in [0.3, 0.4) is 0 Å². The summed E-state index contributed by atoms with van der Waals surface area (Å²) < 4.78 is 1.16. The molecule has 3 atom stereocenters. The van der Waals surface area contributed by atoms with E-state index in [1.165, 1.54) is 55.6 Å². The van der Waals surface area contributed by atoms with Gasteiger partial charge in [0.05, 0.1) is 17.0 Å². The van der Waals surface area contributed by atoms with Crippen LogP contribution >= 0.6 is 34.2 Å². The van der Waals surface area contributed by atoms with Gasteiger partial charge in [-0.3, -0.25) is 9.89 Å². The van der Waals surface area contributed by atoms with Crippen LogP contribution < -0.4 is 4.90 Å². The molecule has 1 spiro atoms. The molecule has 1 N–H and O–H groups in total. The lowest BCUT2D eigenvalue weighted by atomic mass is 9.73. The maximum absolute atomic E-state index is 6.56. The number of nitrogens with one attached hydrogen (secondary N) is 1. The fourth-order valence-corrected chi connectivity index (χ4v) is 7.78. The zero-order valence-corrected chi connectivity index (χ0v) is 23.7. The third-order valence-corrected chi connectivity index (χ3v) is 9.52. The van der Waals surface area contributed by atoms with Crippen molar-refractivity contribution in [2.45, 2.75) is 50.6 Å². The van der Waals surface area contributed by atoms with Crippen LogP contribution in [0.1, 0.15) is 48.6 Å². The first kappa shape index (κ1) is 24.4. The zero-order chi connectivity index (χ0) is 24.7. The van der Waals surface area contributed by atoms with Gasteiger partial charge in [-0.05, 0) is 91.1 Å². The van der Waals surface area contributed by atoms with Gasteiger partial charge in [0.15, 0.2) is 0 Å². The number of hydrogen-bond donors (Lipinski definition) is 1. The summed E-state index contributed by atoms with van der Waals surface area (Å²) in [6, 6.07) is 15.6. The Balaban J connectivity index is 1.23. The monoisotopic (exact) mass is 613 g/mol. The highest BCUT2D eigenvalue weighted by molar-refractivity contribution is 14.1. The van der Waals surface area contributed by atoms with Crippen LogP contribution in [0.4, 0.5) is 5.69 Å². The number of aromatic nitrogens is 2. The Kier molecular flexibility index (Phi) is 6.86. The van der Waals surface area contributed by atoms with E-state index in [1.807, 2.05) is 6.08 Å². The van der Waals surface area contributed by atoms with Crippen molar-refractivity contribution >= 4 is 57.1 Å². The molecule has 36 heavy (non-hydrogen) atoms. The minimum Gasteiger partial charge on any atom is -0.371 e. The molecule has 7 heteroatoms. The maximum atomic E-state index is 6.56. The molecule has 1 aromatic heterocycles. The molecule has 6 rings (SSSR count). The number of anilines is 1. The number of nitrogens with zero attached hydrogens (tertiary/aromatic N) is 4. The van der Waals surface area contributed by atoms with E-state index in [-0.39, 0.29) is 11.4 Å². The number of allylic oxidation sites excluding steroid dienone is 1. The molecule has 0 aliphatic carbocycles. The summed E-state index contributed by atoms with van der Waals surface area (Å²) in [6.45, 7) is 7.89. The molecule has 4 heterocycles. The van der Waals surface area contributed by atoms with Gasteiger partial charge in [0.25, 0.3) is 0 Å². The van der Waals surface area contributed by atoms with E-state index in [1.54, 1.807) is 6.21 Å². The Labute approximate surface area is 232 Å². The number of aliphatic imine (C=N–C) groups is 1. The van der Waals surface area contributed by atoms with Crippen LogP contribution in [-0.4, -0.2) is 52.8 Å². The molecule has 0 saturated carbocycles. The number of aromatic amines is 1. The largest absolute Gasteiger partial charge is 0.371 e. The van der Waals surface area contributed by atoms with E-state index in [9.17, 15) is 0 Å². The van der Waals surface area contributed by atoms with Crippen LogP contribution in [-0.2, 0) is 6.54 Å². The fraction of sp³-hybridized carbons (Fsp3) is 0.448. The fourth-order valence-electron chi connectivity index (χ4n) is 6.45. The third-order valence-electron chi connectivity index (χ3n) is 8.13. The van der Waals surface area contributed by atoms with Crippen molar-refractivity contribution in [2.24, 2.45) is 10.4 Å². The lowest BCUT2D eigenvalue weighted by Gasteiger charge is -2.49. The second kappa shape index (κ2) is 10.1. The number of piperidine rings is 2. The number of aryl methyl sites for hydroxylation is 1. The molecule has 0 radical (unpaired) electrons. The van der Waals surface area contributed by atoms with Crippen LogP contribution in [0.15, 0.2) is 57.1 Å². The molecule has 0 bridgehead atoms. The summed E-state index contributed by atoms with van der Waals surface area (Å²) in [7, 11) is 0. The second-order valence-corrected chi connectivity index (χ2v) is 12.5. The van der Waals surface area contributed by atoms with Crippen molar-refractivity contribution in [2.75, 3.05) is 31.1 Å². The Morgan fingerprint density at radius 3 is 2.72 bits per heavy atom. The Bertz CT molecular complexity index is 1300. The molecular weight excluding hydrogens is 581 g/mol. The van der Waals surface area contributed by atoms with Crippen molar-refractivity contribution in [1.82, 2.24) is 14.9 Å². The van der Waals surface area contributed by atoms with Gasteiger partial charge in [-0.25, -0.2) is 4.98 Å². The average Bonchev–Trinajstić information content (AvgIpc) is 3.29. The number of alkyl halides is 1. The number of benzene rings is 2. The number of fused-ring (bicyclic) bond motifs is 1. The van der Waals surface area contributed by atoms with Gasteiger partial charge in [0, 0.05) is 47.1 Å². The summed E-state index contributed by atoms with van der Waals surface area (Å²) in [4.78, 5) is 18.3. The van der Waals surface area contributed by atoms with E-state index < -0.39 is 0 Å². The van der Waals surface area contributed by atoms with E-state index in [2.05, 4.69) is 91.8 Å². The van der Waals surface area contributed by atoms with Crippen LogP contribution in [0.5, 0.6) is 0 Å². The number of imidazole rings is 1. The van der Waals surface area contributed by atoms with Crippen molar-refractivity contribution < 1.29 is 0 Å². The summed E-state index contributed by atoms with van der Waals surface area (Å²) in [5, 5.41) is 0. The van der Waals surface area contributed by atoms with Crippen molar-refractivity contribution in [3.8, 4) is 0 Å². The molecule has 0 amide bonds. The normalized spacial score (nSPS) is 27.1. The van der Waals surface area contributed by atoms with Gasteiger partial charge < -0.3 is 9.88 Å². The highest BCUT2D eigenvalue weighted by Gasteiger charge is 2.39. The summed E-state index contributed by atoms with van der Waals surface area (Å²) >= 11 is 8.92. The first-order valence-electron chi connectivity index (χ1n) is 13.0. The van der Waals surface area contributed by atoms with Crippen LogP contribution in [0.2, 0.25) is 0 Å². The lowest BCUT2D eigenvalue weighted by molar-refractivity contribution is 0.0685. The van der Waals surface area contributed by atoms with Crippen LogP contribution in [0.25, 0.3) is 11.0 Å². The number of likely N-dealkylation sites (tertiary alicyclic amines) is 1. The van der Waals surface area contributed by atoms with Gasteiger partial charge in [-0.2, -0.15) is 0 Å². The molecule has 188 valence electrons. The summed E-state index contributed by atoms with van der Waals surface area (Å²) in [6.07, 6.45) is 9.01. The second-order valence-electron chi connectivity index (χ2n) is 10.8. The number of halogens is 2. The predicted molar refractivity (Wildman–Crippen MR) is 159 cm³/mol. The first-order valence-corrected chi connectivity index (χ1v) is 14.6. The zero-order valence-electron chi connectivity index (χ0n) is 20.8. The lowest BCUT2D eigenvalue weighted by Crippen LogP contribution is -2.52. The molecule has 2 aromatic carbocycles. The van der Waals surface area contributed by atoms with Crippen molar-refractivity contribution in [3.63, 3.8) is 0 Å². The molecule has 5 nitrogen and oxygen atoms in total.